The molecule has 0 amide bonds. The number of para-hydroxylation sites is 1. The van der Waals surface area contributed by atoms with Crippen LogP contribution in [0, 0.1) is 6.92 Å². The van der Waals surface area contributed by atoms with E-state index in [4.69, 9.17) is 0 Å². The lowest BCUT2D eigenvalue weighted by Crippen LogP contribution is -2.33. The summed E-state index contributed by atoms with van der Waals surface area (Å²) < 4.78 is 27.9. The van der Waals surface area contributed by atoms with Crippen molar-refractivity contribution in [3.63, 3.8) is 0 Å². The highest BCUT2D eigenvalue weighted by Gasteiger charge is 2.26. The van der Waals surface area contributed by atoms with Gasteiger partial charge in [0.25, 0.3) is 0 Å². The lowest BCUT2D eigenvalue weighted by atomic mass is 10.2. The van der Waals surface area contributed by atoms with Crippen molar-refractivity contribution in [3.8, 4) is 5.75 Å². The monoisotopic (exact) mass is 256 g/mol. The molecule has 1 aromatic rings. The minimum absolute atomic E-state index is 0.0484. The number of nitrogens with one attached hydrogen (secondary N) is 1. The molecule has 6 heteroatoms. The third kappa shape index (κ3) is 2.53. The average molecular weight is 256 g/mol. The van der Waals surface area contributed by atoms with Gasteiger partial charge in [0.1, 0.15) is 5.75 Å². The van der Waals surface area contributed by atoms with Gasteiger partial charge in [-0.05, 0) is 31.4 Å². The van der Waals surface area contributed by atoms with Crippen LogP contribution in [-0.4, -0.2) is 30.9 Å². The summed E-state index contributed by atoms with van der Waals surface area (Å²) in [5, 5.41) is 9.65. The summed E-state index contributed by atoms with van der Waals surface area (Å²) in [5.74, 6) is -0.0484. The molecular formula is C11H16N2O3S. The van der Waals surface area contributed by atoms with Crippen molar-refractivity contribution in [2.45, 2.75) is 19.8 Å². The van der Waals surface area contributed by atoms with E-state index >= 15 is 0 Å². The topological polar surface area (TPSA) is 69.6 Å². The Morgan fingerprint density at radius 1 is 1.29 bits per heavy atom. The molecule has 1 aromatic carbocycles. The van der Waals surface area contributed by atoms with Crippen LogP contribution in [-0.2, 0) is 10.2 Å². The van der Waals surface area contributed by atoms with Gasteiger partial charge in [-0.25, -0.2) is 0 Å². The van der Waals surface area contributed by atoms with E-state index in [1.54, 1.807) is 19.1 Å². The minimum atomic E-state index is -3.53. The number of aryl methyl sites for hydroxylation is 1. The molecular weight excluding hydrogens is 240 g/mol. The minimum Gasteiger partial charge on any atom is -0.506 e. The van der Waals surface area contributed by atoms with E-state index in [1.807, 2.05) is 0 Å². The van der Waals surface area contributed by atoms with Gasteiger partial charge in [0.2, 0.25) is 0 Å². The second-order valence-corrected chi connectivity index (χ2v) is 5.85. The number of phenolic OH excluding ortho intramolecular Hbond substituents is 1. The van der Waals surface area contributed by atoms with Crippen molar-refractivity contribution in [3.05, 3.63) is 23.8 Å². The predicted octanol–water partition coefficient (Wildman–Crippen LogP) is 1.45. The fraction of sp³-hybridized carbons (Fsp3) is 0.455. The molecule has 0 unspecified atom stereocenters. The first-order valence-corrected chi connectivity index (χ1v) is 7.01. The molecule has 1 fully saturated rings. The quantitative estimate of drug-likeness (QED) is 0.804. The molecule has 0 aliphatic carbocycles. The van der Waals surface area contributed by atoms with Gasteiger partial charge in [-0.1, -0.05) is 12.1 Å². The van der Waals surface area contributed by atoms with Crippen molar-refractivity contribution >= 4 is 15.9 Å². The molecule has 0 saturated carbocycles. The van der Waals surface area contributed by atoms with Crippen LogP contribution in [0.5, 0.6) is 5.75 Å². The van der Waals surface area contributed by atoms with Gasteiger partial charge in [-0.3, -0.25) is 4.72 Å². The molecule has 1 heterocycles. The van der Waals surface area contributed by atoms with Crippen LogP contribution in [0.3, 0.4) is 0 Å². The van der Waals surface area contributed by atoms with Crippen molar-refractivity contribution in [1.29, 1.82) is 0 Å². The Kier molecular flexibility index (Phi) is 3.26. The first-order chi connectivity index (χ1) is 8.00. The Bertz CT molecular complexity index is 487. The summed E-state index contributed by atoms with van der Waals surface area (Å²) in [7, 11) is -3.53. The van der Waals surface area contributed by atoms with E-state index in [9.17, 15) is 13.5 Å². The Labute approximate surface area is 101 Å². The maximum Gasteiger partial charge on any atom is 0.301 e. The summed E-state index contributed by atoms with van der Waals surface area (Å²) in [6.45, 7) is 2.84. The average Bonchev–Trinajstić information content (AvgIpc) is 2.77. The molecule has 0 radical (unpaired) electrons. The molecule has 0 spiro atoms. The van der Waals surface area contributed by atoms with Gasteiger partial charge in [0.05, 0.1) is 5.69 Å². The molecule has 0 bridgehead atoms. The van der Waals surface area contributed by atoms with E-state index in [1.165, 1.54) is 10.4 Å². The standard InChI is InChI=1S/C11H16N2O3S/c1-9-5-4-6-10(14)11(9)12-17(15,16)13-7-2-3-8-13/h4-6,12,14H,2-3,7-8H2,1H3. The highest BCUT2D eigenvalue weighted by Crippen LogP contribution is 2.28. The van der Waals surface area contributed by atoms with Crippen LogP contribution in [0.2, 0.25) is 0 Å². The van der Waals surface area contributed by atoms with Crippen LogP contribution >= 0.6 is 0 Å². The molecule has 1 aliphatic rings. The maximum atomic E-state index is 12.0. The van der Waals surface area contributed by atoms with Crippen LogP contribution < -0.4 is 4.72 Å². The van der Waals surface area contributed by atoms with Crippen LogP contribution in [0.1, 0.15) is 18.4 Å². The normalized spacial score (nSPS) is 17.2. The van der Waals surface area contributed by atoms with E-state index in [-0.39, 0.29) is 11.4 Å². The lowest BCUT2D eigenvalue weighted by Gasteiger charge is -2.18. The zero-order chi connectivity index (χ0) is 12.5. The predicted molar refractivity (Wildman–Crippen MR) is 66.2 cm³/mol. The highest BCUT2D eigenvalue weighted by molar-refractivity contribution is 7.90. The number of rotatable bonds is 3. The molecule has 0 atom stereocenters. The Morgan fingerprint density at radius 2 is 1.94 bits per heavy atom. The molecule has 2 rings (SSSR count). The second-order valence-electron chi connectivity index (χ2n) is 4.18. The fourth-order valence-electron chi connectivity index (χ4n) is 1.91. The highest BCUT2D eigenvalue weighted by atomic mass is 32.2. The van der Waals surface area contributed by atoms with Gasteiger partial charge in [0.15, 0.2) is 0 Å². The summed E-state index contributed by atoms with van der Waals surface area (Å²) in [6.07, 6.45) is 1.78. The summed E-state index contributed by atoms with van der Waals surface area (Å²) in [6, 6.07) is 4.90. The molecule has 94 valence electrons. The van der Waals surface area contributed by atoms with Crippen molar-refractivity contribution in [2.24, 2.45) is 0 Å². The third-order valence-corrected chi connectivity index (χ3v) is 4.39. The maximum absolute atomic E-state index is 12.0. The molecule has 2 N–H and O–H groups in total. The number of benzene rings is 1. The Balaban J connectivity index is 2.26. The van der Waals surface area contributed by atoms with Crippen LogP contribution in [0.15, 0.2) is 18.2 Å². The summed E-state index contributed by atoms with van der Waals surface area (Å²) >= 11 is 0. The zero-order valence-corrected chi connectivity index (χ0v) is 10.5. The number of nitrogens with zero attached hydrogens (tertiary/aromatic N) is 1. The Morgan fingerprint density at radius 3 is 2.53 bits per heavy atom. The first-order valence-electron chi connectivity index (χ1n) is 5.57. The molecule has 5 nitrogen and oxygen atoms in total. The van der Waals surface area contributed by atoms with Gasteiger partial charge in [0, 0.05) is 13.1 Å². The number of phenols is 1. The van der Waals surface area contributed by atoms with E-state index in [2.05, 4.69) is 4.72 Å². The number of hydrogen-bond acceptors (Lipinski definition) is 3. The zero-order valence-electron chi connectivity index (χ0n) is 9.68. The van der Waals surface area contributed by atoms with Crippen molar-refractivity contribution in [2.75, 3.05) is 17.8 Å². The lowest BCUT2D eigenvalue weighted by molar-refractivity contribution is 0.472. The second kappa shape index (κ2) is 4.54. The summed E-state index contributed by atoms with van der Waals surface area (Å²) in [4.78, 5) is 0. The first kappa shape index (κ1) is 12.2. The van der Waals surface area contributed by atoms with Crippen LogP contribution in [0.4, 0.5) is 5.69 Å². The molecule has 17 heavy (non-hydrogen) atoms. The van der Waals surface area contributed by atoms with Gasteiger partial charge in [-0.15, -0.1) is 0 Å². The number of anilines is 1. The van der Waals surface area contributed by atoms with E-state index in [0.717, 1.165) is 12.8 Å². The largest absolute Gasteiger partial charge is 0.506 e. The van der Waals surface area contributed by atoms with E-state index in [0.29, 0.717) is 18.7 Å². The molecule has 1 saturated heterocycles. The smallest absolute Gasteiger partial charge is 0.301 e. The third-order valence-electron chi connectivity index (χ3n) is 2.89. The number of aromatic hydroxyl groups is 1. The van der Waals surface area contributed by atoms with E-state index < -0.39 is 10.2 Å². The van der Waals surface area contributed by atoms with Crippen molar-refractivity contribution in [1.82, 2.24) is 4.31 Å². The van der Waals surface area contributed by atoms with Crippen LogP contribution in [0.25, 0.3) is 0 Å². The van der Waals surface area contributed by atoms with Crippen molar-refractivity contribution < 1.29 is 13.5 Å². The van der Waals surface area contributed by atoms with Gasteiger partial charge in [-0.2, -0.15) is 12.7 Å². The summed E-state index contributed by atoms with van der Waals surface area (Å²) in [5.41, 5.74) is 0.965. The SMILES string of the molecule is Cc1cccc(O)c1NS(=O)(=O)N1CCCC1. The van der Waals surface area contributed by atoms with Gasteiger partial charge < -0.3 is 5.11 Å². The fourth-order valence-corrected chi connectivity index (χ4v) is 3.30. The van der Waals surface area contributed by atoms with Gasteiger partial charge >= 0.3 is 10.2 Å². The number of hydrogen-bond donors (Lipinski definition) is 2. The molecule has 0 aromatic heterocycles. The Hall–Kier alpha value is -1.27. The molecule has 1 aliphatic heterocycles.